The van der Waals surface area contributed by atoms with Crippen LogP contribution in [-0.2, 0) is 7.05 Å². The summed E-state index contributed by atoms with van der Waals surface area (Å²) in [6.45, 7) is 2.75. The molecule has 2 aromatic heterocycles. The highest BCUT2D eigenvalue weighted by molar-refractivity contribution is 5.90. The Morgan fingerprint density at radius 2 is 2.48 bits per heavy atom. The van der Waals surface area contributed by atoms with Gasteiger partial charge in [0, 0.05) is 7.05 Å². The summed E-state index contributed by atoms with van der Waals surface area (Å²) in [4.78, 5) is 16.3. The summed E-state index contributed by atoms with van der Waals surface area (Å²) in [5.74, 6) is 0.764. The third-order valence-electron chi connectivity index (χ3n) is 3.48. The first kappa shape index (κ1) is 13.7. The van der Waals surface area contributed by atoms with Gasteiger partial charge in [0.1, 0.15) is 6.33 Å². The van der Waals surface area contributed by atoms with Crippen molar-refractivity contribution in [3.63, 3.8) is 0 Å². The molecule has 21 heavy (non-hydrogen) atoms. The summed E-state index contributed by atoms with van der Waals surface area (Å²) in [6, 6.07) is -0.244. The summed E-state index contributed by atoms with van der Waals surface area (Å²) in [5.41, 5.74) is 0. The number of amides is 1. The first-order chi connectivity index (χ1) is 10.1. The van der Waals surface area contributed by atoms with Crippen molar-refractivity contribution in [2.24, 2.45) is 7.05 Å². The molecule has 2 atom stereocenters. The molecule has 0 bridgehead atoms. The Hall–Kier alpha value is -2.29. The summed E-state index contributed by atoms with van der Waals surface area (Å²) < 4.78 is 6.89. The quantitative estimate of drug-likeness (QED) is 0.822. The van der Waals surface area contributed by atoms with Gasteiger partial charge < -0.3 is 19.7 Å². The molecule has 0 aliphatic carbocycles. The van der Waals surface area contributed by atoms with Crippen LogP contribution in [0.15, 0.2) is 10.9 Å². The first-order valence-electron chi connectivity index (χ1n) is 6.87. The smallest absolute Gasteiger partial charge is 0.293 e. The minimum atomic E-state index is -0.390. The van der Waals surface area contributed by atoms with Crippen LogP contribution in [0.2, 0.25) is 0 Å². The largest absolute Gasteiger partial charge is 0.339 e. The number of carbonyl (C=O) groups excluding carboxylic acids is 1. The van der Waals surface area contributed by atoms with E-state index < -0.39 is 5.91 Å². The monoisotopic (exact) mass is 291 g/mol. The second-order valence-corrected chi connectivity index (χ2v) is 5.10. The van der Waals surface area contributed by atoms with E-state index in [4.69, 9.17) is 4.52 Å². The van der Waals surface area contributed by atoms with Crippen molar-refractivity contribution in [3.8, 4) is 0 Å². The Balaban J connectivity index is 1.66. The normalized spacial score (nSPS) is 19.6. The lowest BCUT2D eigenvalue weighted by Gasteiger charge is -2.10. The molecule has 1 aliphatic heterocycles. The summed E-state index contributed by atoms with van der Waals surface area (Å²) in [6.07, 6.45) is 3.59. The number of aromatic nitrogens is 5. The van der Waals surface area contributed by atoms with E-state index in [1.807, 2.05) is 14.0 Å². The van der Waals surface area contributed by atoms with E-state index in [9.17, 15) is 4.79 Å². The Morgan fingerprint density at radius 1 is 1.62 bits per heavy atom. The van der Waals surface area contributed by atoms with Gasteiger partial charge in [0.05, 0.1) is 12.1 Å². The van der Waals surface area contributed by atoms with Crippen molar-refractivity contribution in [3.05, 3.63) is 23.9 Å². The van der Waals surface area contributed by atoms with E-state index in [0.717, 1.165) is 19.4 Å². The highest BCUT2D eigenvalue weighted by Crippen LogP contribution is 2.21. The zero-order chi connectivity index (χ0) is 14.8. The number of carbonyl (C=O) groups is 1. The number of nitrogens with zero attached hydrogens (tertiary/aromatic N) is 5. The molecule has 0 saturated carbocycles. The van der Waals surface area contributed by atoms with Crippen LogP contribution in [0.5, 0.6) is 0 Å². The molecule has 0 radical (unpaired) electrons. The van der Waals surface area contributed by atoms with Crippen molar-refractivity contribution >= 4 is 5.91 Å². The average Bonchev–Trinajstić information content (AvgIpc) is 3.19. The fraction of sp³-hybridized carbons (Fsp3) is 0.583. The molecule has 1 aliphatic rings. The predicted molar refractivity (Wildman–Crippen MR) is 71.2 cm³/mol. The molecule has 0 spiro atoms. The maximum Gasteiger partial charge on any atom is 0.293 e. The van der Waals surface area contributed by atoms with Crippen molar-refractivity contribution < 1.29 is 9.32 Å². The van der Waals surface area contributed by atoms with Crippen LogP contribution in [-0.4, -0.2) is 37.4 Å². The fourth-order valence-electron chi connectivity index (χ4n) is 2.37. The Labute approximate surface area is 121 Å². The summed E-state index contributed by atoms with van der Waals surface area (Å²) >= 11 is 0. The molecular weight excluding hydrogens is 274 g/mol. The highest BCUT2D eigenvalue weighted by atomic mass is 16.5. The van der Waals surface area contributed by atoms with Crippen LogP contribution >= 0.6 is 0 Å². The van der Waals surface area contributed by atoms with Crippen LogP contribution in [0.4, 0.5) is 0 Å². The standard InChI is InChI=1S/C12H17N7O2/c1-7(10-17-14-6-19(10)2)15-11(20)9-16-12(21-18-9)8-4-3-5-13-8/h6-8,13H,3-5H2,1-2H3,(H,15,20). The lowest BCUT2D eigenvalue weighted by molar-refractivity contribution is 0.0924. The second-order valence-electron chi connectivity index (χ2n) is 5.10. The first-order valence-corrected chi connectivity index (χ1v) is 6.87. The fourth-order valence-corrected chi connectivity index (χ4v) is 2.37. The second kappa shape index (κ2) is 5.60. The van der Waals surface area contributed by atoms with Crippen LogP contribution in [0.1, 0.15) is 54.2 Å². The van der Waals surface area contributed by atoms with Crippen molar-refractivity contribution in [2.75, 3.05) is 6.54 Å². The SMILES string of the molecule is CC(NC(=O)c1noc(C2CCCN2)n1)c1nncn1C. The van der Waals surface area contributed by atoms with E-state index in [2.05, 4.69) is 31.0 Å². The molecule has 2 aromatic rings. The Kier molecular flexibility index (Phi) is 3.65. The van der Waals surface area contributed by atoms with Crippen LogP contribution in [0, 0.1) is 0 Å². The molecule has 1 amide bonds. The number of aryl methyl sites for hydroxylation is 1. The summed E-state index contributed by atoms with van der Waals surface area (Å²) in [5, 5.41) is 17.5. The zero-order valence-corrected chi connectivity index (χ0v) is 11.9. The van der Waals surface area contributed by atoms with Gasteiger partial charge in [-0.3, -0.25) is 4.79 Å². The topological polar surface area (TPSA) is 111 Å². The van der Waals surface area contributed by atoms with E-state index in [1.165, 1.54) is 0 Å². The third-order valence-corrected chi connectivity index (χ3v) is 3.48. The molecule has 9 nitrogen and oxygen atoms in total. The lowest BCUT2D eigenvalue weighted by atomic mass is 10.2. The molecule has 1 fully saturated rings. The maximum atomic E-state index is 12.1. The van der Waals surface area contributed by atoms with Crippen LogP contribution < -0.4 is 10.6 Å². The van der Waals surface area contributed by atoms with E-state index in [-0.39, 0.29) is 17.9 Å². The van der Waals surface area contributed by atoms with Crippen molar-refractivity contribution in [1.82, 2.24) is 35.5 Å². The van der Waals surface area contributed by atoms with Gasteiger partial charge in [0.25, 0.3) is 11.7 Å². The number of nitrogens with one attached hydrogen (secondary N) is 2. The average molecular weight is 291 g/mol. The zero-order valence-electron chi connectivity index (χ0n) is 11.9. The molecule has 9 heteroatoms. The lowest BCUT2D eigenvalue weighted by Crippen LogP contribution is -2.29. The van der Waals surface area contributed by atoms with Gasteiger partial charge in [0.2, 0.25) is 5.89 Å². The molecule has 3 heterocycles. The van der Waals surface area contributed by atoms with E-state index in [1.54, 1.807) is 10.9 Å². The molecular formula is C12H17N7O2. The molecule has 112 valence electrons. The summed E-state index contributed by atoms with van der Waals surface area (Å²) in [7, 11) is 1.82. The van der Waals surface area contributed by atoms with E-state index >= 15 is 0 Å². The van der Waals surface area contributed by atoms with Gasteiger partial charge in [0.15, 0.2) is 5.82 Å². The molecule has 3 rings (SSSR count). The van der Waals surface area contributed by atoms with Crippen LogP contribution in [0.3, 0.4) is 0 Å². The van der Waals surface area contributed by atoms with Crippen molar-refractivity contribution in [1.29, 1.82) is 0 Å². The van der Waals surface area contributed by atoms with Crippen LogP contribution in [0.25, 0.3) is 0 Å². The molecule has 2 unspecified atom stereocenters. The predicted octanol–water partition coefficient (Wildman–Crippen LogP) is 0.114. The van der Waals surface area contributed by atoms with Crippen molar-refractivity contribution in [2.45, 2.75) is 31.8 Å². The van der Waals surface area contributed by atoms with E-state index in [0.29, 0.717) is 11.7 Å². The number of rotatable bonds is 4. The van der Waals surface area contributed by atoms with Gasteiger partial charge in [-0.05, 0) is 26.3 Å². The minimum absolute atomic E-state index is 0.0349. The van der Waals surface area contributed by atoms with Gasteiger partial charge in [-0.25, -0.2) is 0 Å². The Bertz CT molecular complexity index is 629. The minimum Gasteiger partial charge on any atom is -0.339 e. The number of hydrogen-bond donors (Lipinski definition) is 2. The maximum absolute atomic E-state index is 12.1. The third kappa shape index (κ3) is 2.77. The highest BCUT2D eigenvalue weighted by Gasteiger charge is 2.25. The number of hydrogen-bond acceptors (Lipinski definition) is 7. The molecule has 0 aromatic carbocycles. The van der Waals surface area contributed by atoms with Gasteiger partial charge >= 0.3 is 0 Å². The van der Waals surface area contributed by atoms with Gasteiger partial charge in [-0.15, -0.1) is 10.2 Å². The molecule has 2 N–H and O–H groups in total. The van der Waals surface area contributed by atoms with Gasteiger partial charge in [-0.1, -0.05) is 5.16 Å². The Morgan fingerprint density at radius 3 is 3.14 bits per heavy atom. The van der Waals surface area contributed by atoms with Gasteiger partial charge in [-0.2, -0.15) is 4.98 Å². The molecule has 1 saturated heterocycles.